The lowest BCUT2D eigenvalue weighted by Crippen LogP contribution is -2.34. The number of nitrogens with one attached hydrogen (secondary N) is 1. The van der Waals surface area contributed by atoms with Gasteiger partial charge in [-0.1, -0.05) is 6.07 Å². The number of ether oxygens (including phenoxy) is 1. The number of primary amides is 1. The standard InChI is InChI=1S/C10H13N3O3/c1-16-7(10(11)15)6-9(14)13-8-4-2-3-5-12-8/h2-5,7H,6H2,1H3,(H2,11,15)(H,12,13,14)/t7-/m1/s1. The molecule has 0 bridgehead atoms. The van der Waals surface area contributed by atoms with Crippen molar-refractivity contribution in [1.82, 2.24) is 4.98 Å². The summed E-state index contributed by atoms with van der Waals surface area (Å²) in [6, 6.07) is 5.12. The maximum Gasteiger partial charge on any atom is 0.247 e. The van der Waals surface area contributed by atoms with Crippen LogP contribution >= 0.6 is 0 Å². The summed E-state index contributed by atoms with van der Waals surface area (Å²) in [6.45, 7) is 0. The number of anilines is 1. The fourth-order valence-electron chi connectivity index (χ4n) is 1.10. The van der Waals surface area contributed by atoms with Gasteiger partial charge in [-0.15, -0.1) is 0 Å². The third kappa shape index (κ3) is 3.66. The molecule has 0 aliphatic rings. The average Bonchev–Trinajstić information content (AvgIpc) is 2.27. The van der Waals surface area contributed by atoms with Crippen molar-refractivity contribution in [2.45, 2.75) is 12.5 Å². The average molecular weight is 223 g/mol. The highest BCUT2D eigenvalue weighted by Crippen LogP contribution is 2.03. The molecule has 2 amide bonds. The van der Waals surface area contributed by atoms with Crippen LogP contribution in [0.2, 0.25) is 0 Å². The first kappa shape index (κ1) is 12.1. The first-order valence-electron chi connectivity index (χ1n) is 4.66. The van der Waals surface area contributed by atoms with Crippen molar-refractivity contribution in [3.05, 3.63) is 24.4 Å². The van der Waals surface area contributed by atoms with Crippen molar-refractivity contribution < 1.29 is 14.3 Å². The van der Waals surface area contributed by atoms with Gasteiger partial charge in [0.15, 0.2) is 0 Å². The van der Waals surface area contributed by atoms with Gasteiger partial charge in [-0.2, -0.15) is 0 Å². The molecule has 0 spiro atoms. The zero-order valence-electron chi connectivity index (χ0n) is 8.84. The van der Waals surface area contributed by atoms with Crippen molar-refractivity contribution >= 4 is 17.6 Å². The topological polar surface area (TPSA) is 94.3 Å². The molecule has 16 heavy (non-hydrogen) atoms. The van der Waals surface area contributed by atoms with Gasteiger partial charge in [-0.25, -0.2) is 4.98 Å². The van der Waals surface area contributed by atoms with E-state index in [1.807, 2.05) is 0 Å². The number of hydrogen-bond donors (Lipinski definition) is 2. The maximum absolute atomic E-state index is 11.4. The molecule has 0 radical (unpaired) electrons. The molecule has 3 N–H and O–H groups in total. The highest BCUT2D eigenvalue weighted by molar-refractivity contribution is 5.93. The molecule has 1 aromatic rings. The molecule has 0 aromatic carbocycles. The Morgan fingerprint density at radius 3 is 2.81 bits per heavy atom. The minimum absolute atomic E-state index is 0.123. The second-order valence-electron chi connectivity index (χ2n) is 3.09. The quantitative estimate of drug-likeness (QED) is 0.729. The van der Waals surface area contributed by atoms with Gasteiger partial charge in [0, 0.05) is 13.3 Å². The van der Waals surface area contributed by atoms with E-state index < -0.39 is 12.0 Å². The van der Waals surface area contributed by atoms with Crippen molar-refractivity contribution in [3.63, 3.8) is 0 Å². The molecule has 1 atom stereocenters. The van der Waals surface area contributed by atoms with E-state index >= 15 is 0 Å². The number of methoxy groups -OCH3 is 1. The number of carbonyl (C=O) groups is 2. The van der Waals surface area contributed by atoms with Crippen LogP contribution in [0.4, 0.5) is 5.82 Å². The van der Waals surface area contributed by atoms with Crippen LogP contribution in [-0.4, -0.2) is 30.0 Å². The van der Waals surface area contributed by atoms with Crippen LogP contribution in [0.1, 0.15) is 6.42 Å². The number of nitrogens with zero attached hydrogens (tertiary/aromatic N) is 1. The first-order valence-corrected chi connectivity index (χ1v) is 4.66. The van der Waals surface area contributed by atoms with Crippen LogP contribution in [0, 0.1) is 0 Å². The predicted octanol–water partition coefficient (Wildman–Crippen LogP) is -0.0895. The molecular formula is C10H13N3O3. The van der Waals surface area contributed by atoms with Crippen LogP contribution in [-0.2, 0) is 14.3 Å². The molecule has 1 aromatic heterocycles. The molecule has 1 rings (SSSR count). The van der Waals surface area contributed by atoms with E-state index in [0.717, 1.165) is 0 Å². The number of rotatable bonds is 5. The summed E-state index contributed by atoms with van der Waals surface area (Å²) >= 11 is 0. The Balaban J connectivity index is 2.50. The number of hydrogen-bond acceptors (Lipinski definition) is 4. The molecule has 86 valence electrons. The van der Waals surface area contributed by atoms with Crippen LogP contribution in [0.3, 0.4) is 0 Å². The lowest BCUT2D eigenvalue weighted by atomic mass is 10.2. The van der Waals surface area contributed by atoms with Gasteiger partial charge >= 0.3 is 0 Å². The number of aromatic nitrogens is 1. The Morgan fingerprint density at radius 2 is 2.31 bits per heavy atom. The van der Waals surface area contributed by atoms with Gasteiger partial charge in [0.2, 0.25) is 11.8 Å². The van der Waals surface area contributed by atoms with Gasteiger partial charge < -0.3 is 15.8 Å². The van der Waals surface area contributed by atoms with Crippen LogP contribution in [0.25, 0.3) is 0 Å². The molecule has 6 nitrogen and oxygen atoms in total. The Kier molecular flexibility index (Phi) is 4.41. The largest absolute Gasteiger partial charge is 0.371 e. The molecular weight excluding hydrogens is 210 g/mol. The summed E-state index contributed by atoms with van der Waals surface area (Å²) < 4.78 is 4.76. The summed E-state index contributed by atoms with van der Waals surface area (Å²) in [7, 11) is 1.32. The third-order valence-corrected chi connectivity index (χ3v) is 1.91. The van der Waals surface area contributed by atoms with Gasteiger partial charge in [0.05, 0.1) is 6.42 Å². The van der Waals surface area contributed by atoms with E-state index in [0.29, 0.717) is 5.82 Å². The van der Waals surface area contributed by atoms with Crippen molar-refractivity contribution in [3.8, 4) is 0 Å². The number of pyridine rings is 1. The van der Waals surface area contributed by atoms with Gasteiger partial charge in [0.25, 0.3) is 0 Å². The normalized spacial score (nSPS) is 11.8. The van der Waals surface area contributed by atoms with Crippen molar-refractivity contribution in [1.29, 1.82) is 0 Å². The zero-order valence-corrected chi connectivity index (χ0v) is 8.84. The maximum atomic E-state index is 11.4. The van der Waals surface area contributed by atoms with E-state index in [4.69, 9.17) is 10.5 Å². The minimum atomic E-state index is -0.913. The summed E-state index contributed by atoms with van der Waals surface area (Å²) in [5.41, 5.74) is 5.03. The SMILES string of the molecule is CO[C@H](CC(=O)Nc1ccccn1)C(N)=O. The molecule has 0 saturated heterocycles. The van der Waals surface area contributed by atoms with Crippen molar-refractivity contribution in [2.24, 2.45) is 5.73 Å². The Bertz CT molecular complexity index is 367. The van der Waals surface area contributed by atoms with Gasteiger partial charge in [-0.3, -0.25) is 9.59 Å². The highest BCUT2D eigenvalue weighted by atomic mass is 16.5. The van der Waals surface area contributed by atoms with Crippen molar-refractivity contribution in [2.75, 3.05) is 12.4 Å². The molecule has 6 heteroatoms. The zero-order chi connectivity index (χ0) is 12.0. The summed E-state index contributed by atoms with van der Waals surface area (Å²) in [5, 5.41) is 2.52. The molecule has 0 unspecified atom stereocenters. The van der Waals surface area contributed by atoms with Gasteiger partial charge in [-0.05, 0) is 12.1 Å². The van der Waals surface area contributed by atoms with E-state index in [1.54, 1.807) is 24.4 Å². The van der Waals surface area contributed by atoms with Crippen LogP contribution in [0.5, 0.6) is 0 Å². The smallest absolute Gasteiger partial charge is 0.247 e. The minimum Gasteiger partial charge on any atom is -0.371 e. The number of nitrogens with two attached hydrogens (primary N) is 1. The number of carbonyl (C=O) groups excluding carboxylic acids is 2. The Hall–Kier alpha value is -1.95. The van der Waals surface area contributed by atoms with E-state index in [1.165, 1.54) is 7.11 Å². The molecule has 0 aliphatic heterocycles. The first-order chi connectivity index (χ1) is 7.63. The van der Waals surface area contributed by atoms with Crippen LogP contribution < -0.4 is 11.1 Å². The predicted molar refractivity (Wildman–Crippen MR) is 57.5 cm³/mol. The fourth-order valence-corrected chi connectivity index (χ4v) is 1.10. The number of amides is 2. The second-order valence-corrected chi connectivity index (χ2v) is 3.09. The molecule has 0 aliphatic carbocycles. The van der Waals surface area contributed by atoms with E-state index in [-0.39, 0.29) is 12.3 Å². The Morgan fingerprint density at radius 1 is 1.56 bits per heavy atom. The summed E-state index contributed by atoms with van der Waals surface area (Å²) in [6.07, 6.45) is 0.517. The fraction of sp³-hybridized carbons (Fsp3) is 0.300. The van der Waals surface area contributed by atoms with E-state index in [2.05, 4.69) is 10.3 Å². The monoisotopic (exact) mass is 223 g/mol. The lowest BCUT2D eigenvalue weighted by Gasteiger charge is -2.10. The van der Waals surface area contributed by atoms with Gasteiger partial charge in [0.1, 0.15) is 11.9 Å². The third-order valence-electron chi connectivity index (χ3n) is 1.91. The Labute approximate surface area is 92.8 Å². The molecule has 0 fully saturated rings. The summed E-state index contributed by atoms with van der Waals surface area (Å²) in [5.74, 6) is -0.616. The highest BCUT2D eigenvalue weighted by Gasteiger charge is 2.18. The molecule has 1 heterocycles. The lowest BCUT2D eigenvalue weighted by molar-refractivity contribution is -0.132. The summed E-state index contributed by atoms with van der Waals surface area (Å²) in [4.78, 5) is 26.2. The second kappa shape index (κ2) is 5.82. The van der Waals surface area contributed by atoms with E-state index in [9.17, 15) is 9.59 Å². The molecule has 0 saturated carbocycles. The van der Waals surface area contributed by atoms with Crippen LogP contribution in [0.15, 0.2) is 24.4 Å².